The number of ether oxygens (including phenoxy) is 1. The summed E-state index contributed by atoms with van der Waals surface area (Å²) >= 11 is 5.21. The quantitative estimate of drug-likeness (QED) is 0.901. The number of thiophene rings is 1. The van der Waals surface area contributed by atoms with Crippen molar-refractivity contribution in [2.24, 2.45) is 11.7 Å². The zero-order chi connectivity index (χ0) is 9.97. The highest BCUT2D eigenvalue weighted by molar-refractivity contribution is 9.10. The summed E-state index contributed by atoms with van der Waals surface area (Å²) in [5, 5.41) is 2.10. The van der Waals surface area contributed by atoms with E-state index in [0.717, 1.165) is 24.0 Å². The lowest BCUT2D eigenvalue weighted by molar-refractivity contribution is -0.0230. The van der Waals surface area contributed by atoms with Crippen LogP contribution in [0.2, 0.25) is 0 Å². The first kappa shape index (κ1) is 10.6. The molecule has 2 atom stereocenters. The maximum atomic E-state index is 5.79. The van der Waals surface area contributed by atoms with E-state index < -0.39 is 0 Å². The minimum Gasteiger partial charge on any atom is -0.372 e. The Hall–Kier alpha value is 0.1000. The Bertz CT molecular complexity index is 302. The fourth-order valence-electron chi connectivity index (χ4n) is 1.88. The Balaban J connectivity index is 2.14. The molecule has 0 amide bonds. The standard InChI is InChI=1S/C10H14BrNOS/c11-8-4-9(14-6-8)10-7(5-12)2-1-3-13-10/h4,6-7,10H,1-3,5,12H2. The monoisotopic (exact) mass is 275 g/mol. The van der Waals surface area contributed by atoms with Crippen LogP contribution in [-0.2, 0) is 4.74 Å². The number of halogens is 1. The second-order valence-corrected chi connectivity index (χ2v) is 5.46. The summed E-state index contributed by atoms with van der Waals surface area (Å²) in [6, 6.07) is 2.14. The Morgan fingerprint density at radius 2 is 2.50 bits per heavy atom. The van der Waals surface area contributed by atoms with E-state index in [0.29, 0.717) is 5.92 Å². The first-order valence-electron chi connectivity index (χ1n) is 4.87. The summed E-state index contributed by atoms with van der Waals surface area (Å²) in [5.41, 5.74) is 5.75. The lowest BCUT2D eigenvalue weighted by Gasteiger charge is -2.30. The van der Waals surface area contributed by atoms with Gasteiger partial charge in [-0.15, -0.1) is 11.3 Å². The second kappa shape index (κ2) is 4.75. The summed E-state index contributed by atoms with van der Waals surface area (Å²) < 4.78 is 6.93. The third-order valence-corrected chi connectivity index (χ3v) is 4.37. The molecule has 1 saturated heterocycles. The van der Waals surface area contributed by atoms with Crippen LogP contribution in [0.5, 0.6) is 0 Å². The van der Waals surface area contributed by atoms with Crippen LogP contribution in [0.4, 0.5) is 0 Å². The van der Waals surface area contributed by atoms with E-state index in [1.165, 1.54) is 11.3 Å². The van der Waals surface area contributed by atoms with Crippen LogP contribution in [-0.4, -0.2) is 13.2 Å². The molecule has 2 nitrogen and oxygen atoms in total. The van der Waals surface area contributed by atoms with Gasteiger partial charge in [0, 0.05) is 27.3 Å². The molecule has 2 rings (SSSR count). The van der Waals surface area contributed by atoms with Gasteiger partial charge in [-0.3, -0.25) is 0 Å². The Morgan fingerprint density at radius 1 is 1.64 bits per heavy atom. The van der Waals surface area contributed by atoms with Crippen molar-refractivity contribution in [3.05, 3.63) is 20.8 Å². The van der Waals surface area contributed by atoms with Crippen molar-refractivity contribution in [1.82, 2.24) is 0 Å². The normalized spacial score (nSPS) is 27.9. The molecule has 1 fully saturated rings. The van der Waals surface area contributed by atoms with E-state index in [-0.39, 0.29) is 6.10 Å². The lowest BCUT2D eigenvalue weighted by atomic mass is 9.93. The van der Waals surface area contributed by atoms with Crippen LogP contribution in [0.15, 0.2) is 15.9 Å². The number of hydrogen-bond donors (Lipinski definition) is 1. The van der Waals surface area contributed by atoms with E-state index in [1.807, 2.05) is 0 Å². The van der Waals surface area contributed by atoms with Gasteiger partial charge >= 0.3 is 0 Å². The first-order chi connectivity index (χ1) is 6.81. The maximum Gasteiger partial charge on any atom is 0.0957 e. The van der Waals surface area contributed by atoms with Gasteiger partial charge in [-0.1, -0.05) is 0 Å². The van der Waals surface area contributed by atoms with Crippen molar-refractivity contribution < 1.29 is 4.74 Å². The summed E-state index contributed by atoms with van der Waals surface area (Å²) in [6.45, 7) is 1.59. The van der Waals surface area contributed by atoms with Crippen LogP contribution >= 0.6 is 27.3 Å². The molecule has 0 radical (unpaired) electrons. The number of hydrogen-bond acceptors (Lipinski definition) is 3. The molecule has 0 bridgehead atoms. The van der Waals surface area contributed by atoms with Gasteiger partial charge < -0.3 is 10.5 Å². The molecule has 0 aliphatic carbocycles. The van der Waals surface area contributed by atoms with E-state index >= 15 is 0 Å². The molecule has 14 heavy (non-hydrogen) atoms. The zero-order valence-corrected chi connectivity index (χ0v) is 10.3. The summed E-state index contributed by atoms with van der Waals surface area (Å²) in [6.07, 6.45) is 2.56. The third-order valence-electron chi connectivity index (χ3n) is 2.62. The van der Waals surface area contributed by atoms with E-state index in [4.69, 9.17) is 10.5 Å². The van der Waals surface area contributed by atoms with E-state index in [2.05, 4.69) is 27.4 Å². The summed E-state index contributed by atoms with van der Waals surface area (Å²) in [5.74, 6) is 0.495. The minimum absolute atomic E-state index is 0.227. The van der Waals surface area contributed by atoms with E-state index in [9.17, 15) is 0 Å². The van der Waals surface area contributed by atoms with Crippen LogP contribution in [0, 0.1) is 5.92 Å². The maximum absolute atomic E-state index is 5.79. The molecular formula is C10H14BrNOS. The summed E-state index contributed by atoms with van der Waals surface area (Å²) in [7, 11) is 0. The zero-order valence-electron chi connectivity index (χ0n) is 7.91. The topological polar surface area (TPSA) is 35.2 Å². The molecule has 2 unspecified atom stereocenters. The molecule has 2 heterocycles. The van der Waals surface area contributed by atoms with E-state index in [1.54, 1.807) is 11.3 Å². The SMILES string of the molecule is NCC1CCCOC1c1cc(Br)cs1. The molecular weight excluding hydrogens is 262 g/mol. The first-order valence-corrected chi connectivity index (χ1v) is 6.54. The number of nitrogens with two attached hydrogens (primary N) is 1. The number of rotatable bonds is 2. The molecule has 0 spiro atoms. The fourth-order valence-corrected chi connectivity index (χ4v) is 3.46. The van der Waals surface area contributed by atoms with Crippen molar-refractivity contribution >= 4 is 27.3 Å². The van der Waals surface area contributed by atoms with Crippen LogP contribution in [0.3, 0.4) is 0 Å². The average Bonchev–Trinajstić information content (AvgIpc) is 2.65. The van der Waals surface area contributed by atoms with Crippen molar-refractivity contribution in [2.75, 3.05) is 13.2 Å². The molecule has 2 N–H and O–H groups in total. The van der Waals surface area contributed by atoms with Crippen molar-refractivity contribution in [3.63, 3.8) is 0 Å². The Labute approximate surface area is 96.6 Å². The van der Waals surface area contributed by atoms with Gasteiger partial charge in [0.1, 0.15) is 0 Å². The lowest BCUT2D eigenvalue weighted by Crippen LogP contribution is -2.28. The Morgan fingerprint density at radius 3 is 3.14 bits per heavy atom. The molecule has 0 saturated carbocycles. The molecule has 0 aromatic carbocycles. The molecule has 78 valence electrons. The minimum atomic E-state index is 0.227. The molecule has 4 heteroatoms. The fraction of sp³-hybridized carbons (Fsp3) is 0.600. The Kier molecular flexibility index (Phi) is 3.60. The van der Waals surface area contributed by atoms with Crippen LogP contribution in [0.25, 0.3) is 0 Å². The largest absolute Gasteiger partial charge is 0.372 e. The highest BCUT2D eigenvalue weighted by atomic mass is 79.9. The molecule has 1 aliphatic rings. The molecule has 1 aliphatic heterocycles. The van der Waals surface area contributed by atoms with Crippen LogP contribution < -0.4 is 5.73 Å². The van der Waals surface area contributed by atoms with Crippen molar-refractivity contribution in [3.8, 4) is 0 Å². The molecule has 1 aromatic rings. The average molecular weight is 276 g/mol. The van der Waals surface area contributed by atoms with Gasteiger partial charge in [-0.25, -0.2) is 0 Å². The smallest absolute Gasteiger partial charge is 0.0957 e. The van der Waals surface area contributed by atoms with Crippen molar-refractivity contribution in [1.29, 1.82) is 0 Å². The van der Waals surface area contributed by atoms with Gasteiger partial charge in [-0.2, -0.15) is 0 Å². The van der Waals surface area contributed by atoms with Gasteiger partial charge in [0.25, 0.3) is 0 Å². The highest BCUT2D eigenvalue weighted by Crippen LogP contribution is 2.37. The van der Waals surface area contributed by atoms with Crippen LogP contribution in [0.1, 0.15) is 23.8 Å². The van der Waals surface area contributed by atoms with Gasteiger partial charge in [0.15, 0.2) is 0 Å². The predicted octanol–water partition coefficient (Wildman–Crippen LogP) is 2.94. The highest BCUT2D eigenvalue weighted by Gasteiger charge is 2.27. The van der Waals surface area contributed by atoms with Gasteiger partial charge in [0.05, 0.1) is 6.10 Å². The second-order valence-electron chi connectivity index (χ2n) is 3.60. The van der Waals surface area contributed by atoms with Crippen molar-refractivity contribution in [2.45, 2.75) is 18.9 Å². The summed E-state index contributed by atoms with van der Waals surface area (Å²) in [4.78, 5) is 1.30. The predicted molar refractivity (Wildman–Crippen MR) is 62.5 cm³/mol. The third kappa shape index (κ3) is 2.19. The molecule has 1 aromatic heterocycles. The van der Waals surface area contributed by atoms with Gasteiger partial charge in [0.2, 0.25) is 0 Å². The van der Waals surface area contributed by atoms with Gasteiger partial charge in [-0.05, 0) is 41.4 Å².